The van der Waals surface area contributed by atoms with E-state index in [1.807, 2.05) is 24.3 Å². The number of amides is 1. The number of hydrogen-bond acceptors (Lipinski definition) is 3. The molecule has 0 aliphatic heterocycles. The second kappa shape index (κ2) is 5.58. The summed E-state index contributed by atoms with van der Waals surface area (Å²) in [5, 5.41) is 10.1. The molecule has 2 N–H and O–H groups in total. The average Bonchev–Trinajstić information content (AvgIpc) is 2.85. The Balaban J connectivity index is 1.99. The second-order valence-corrected chi connectivity index (χ2v) is 4.35. The molecule has 0 aliphatic rings. The van der Waals surface area contributed by atoms with Crippen LogP contribution in [0.1, 0.15) is 16.1 Å². The van der Waals surface area contributed by atoms with Crippen LogP contribution in [0, 0.1) is 3.57 Å². The molecule has 5 nitrogen and oxygen atoms in total. The van der Waals surface area contributed by atoms with Crippen molar-refractivity contribution in [1.82, 2.24) is 15.6 Å². The van der Waals surface area contributed by atoms with Crippen molar-refractivity contribution in [3.63, 3.8) is 0 Å². The Bertz CT molecular complexity index is 536. The third kappa shape index (κ3) is 3.13. The van der Waals surface area contributed by atoms with Gasteiger partial charge in [-0.1, -0.05) is 18.2 Å². The maximum Gasteiger partial charge on any atom is 0.289 e. The molecular weight excluding hydrogens is 331 g/mol. The van der Waals surface area contributed by atoms with Crippen LogP contribution in [0.2, 0.25) is 0 Å². The van der Waals surface area contributed by atoms with Crippen molar-refractivity contribution in [1.29, 1.82) is 0 Å². The average molecular weight is 340 g/mol. The number of hydrogen-bond donors (Lipinski definition) is 2. The summed E-state index contributed by atoms with van der Waals surface area (Å²) >= 11 is 2.21. The van der Waals surface area contributed by atoms with Crippen molar-refractivity contribution < 1.29 is 4.79 Å². The number of carbonyl (C=O) groups is 1. The van der Waals surface area contributed by atoms with Gasteiger partial charge in [-0.3, -0.25) is 9.89 Å². The summed E-state index contributed by atoms with van der Waals surface area (Å²) in [6.07, 6.45) is 3.12. The minimum atomic E-state index is -0.315. The maximum absolute atomic E-state index is 11.5. The number of nitrogens with one attached hydrogen (secondary N) is 2. The molecule has 0 bridgehead atoms. The van der Waals surface area contributed by atoms with E-state index in [0.717, 1.165) is 9.13 Å². The van der Waals surface area contributed by atoms with E-state index in [9.17, 15) is 4.79 Å². The molecule has 86 valence electrons. The summed E-state index contributed by atoms with van der Waals surface area (Å²) in [7, 11) is 0. The Hall–Kier alpha value is -1.70. The molecule has 0 unspecified atom stereocenters. The van der Waals surface area contributed by atoms with Gasteiger partial charge in [0.25, 0.3) is 5.91 Å². The largest absolute Gasteiger partial charge is 0.289 e. The SMILES string of the molecule is O=C(N/N=C/c1ccccc1I)c1ccn[nH]1. The molecular formula is C11H9IN4O. The normalized spacial score (nSPS) is 10.6. The van der Waals surface area contributed by atoms with Gasteiger partial charge < -0.3 is 0 Å². The first-order valence-corrected chi connectivity index (χ1v) is 5.92. The molecule has 0 aliphatic carbocycles. The molecule has 17 heavy (non-hydrogen) atoms. The number of hydrazone groups is 1. The lowest BCUT2D eigenvalue weighted by molar-refractivity contribution is 0.0950. The molecule has 1 heterocycles. The lowest BCUT2D eigenvalue weighted by Crippen LogP contribution is -2.18. The highest BCUT2D eigenvalue weighted by atomic mass is 127. The fourth-order valence-electron chi connectivity index (χ4n) is 1.18. The maximum atomic E-state index is 11.5. The fraction of sp³-hybridized carbons (Fsp3) is 0. The quantitative estimate of drug-likeness (QED) is 0.508. The van der Waals surface area contributed by atoms with Crippen LogP contribution in [-0.4, -0.2) is 22.3 Å². The highest BCUT2D eigenvalue weighted by molar-refractivity contribution is 14.1. The number of aromatic amines is 1. The lowest BCUT2D eigenvalue weighted by atomic mass is 10.2. The first kappa shape index (κ1) is 11.8. The van der Waals surface area contributed by atoms with Gasteiger partial charge in [0.2, 0.25) is 0 Å². The highest BCUT2D eigenvalue weighted by Crippen LogP contribution is 2.08. The molecule has 0 radical (unpaired) electrons. The van der Waals surface area contributed by atoms with Gasteiger partial charge in [-0.25, -0.2) is 5.43 Å². The molecule has 6 heteroatoms. The zero-order valence-corrected chi connectivity index (χ0v) is 10.9. The van der Waals surface area contributed by atoms with Crippen molar-refractivity contribution in [2.45, 2.75) is 0 Å². The minimum absolute atomic E-state index is 0.315. The Morgan fingerprint density at radius 1 is 1.41 bits per heavy atom. The molecule has 0 saturated carbocycles. The molecule has 0 atom stereocenters. The molecule has 0 saturated heterocycles. The predicted octanol–water partition coefficient (Wildman–Crippen LogP) is 1.78. The molecule has 1 aromatic carbocycles. The van der Waals surface area contributed by atoms with E-state index in [4.69, 9.17) is 0 Å². The van der Waals surface area contributed by atoms with Crippen LogP contribution in [0.15, 0.2) is 41.6 Å². The monoisotopic (exact) mass is 340 g/mol. The summed E-state index contributed by atoms with van der Waals surface area (Å²) in [6.45, 7) is 0. The third-order valence-corrected chi connectivity index (χ3v) is 3.00. The van der Waals surface area contributed by atoms with E-state index in [1.165, 1.54) is 6.20 Å². The molecule has 1 aromatic heterocycles. The van der Waals surface area contributed by atoms with E-state index in [0.29, 0.717) is 5.69 Å². The van der Waals surface area contributed by atoms with Crippen LogP contribution in [0.3, 0.4) is 0 Å². The summed E-state index contributed by atoms with van der Waals surface area (Å²) in [4.78, 5) is 11.5. The molecule has 1 amide bonds. The first-order chi connectivity index (χ1) is 8.27. The first-order valence-electron chi connectivity index (χ1n) is 4.84. The van der Waals surface area contributed by atoms with Crippen LogP contribution < -0.4 is 5.43 Å². The Morgan fingerprint density at radius 3 is 2.94 bits per heavy atom. The highest BCUT2D eigenvalue weighted by Gasteiger charge is 2.03. The zero-order chi connectivity index (χ0) is 12.1. The van der Waals surface area contributed by atoms with Gasteiger partial charge in [0.05, 0.1) is 6.21 Å². The van der Waals surface area contributed by atoms with Gasteiger partial charge in [0, 0.05) is 15.3 Å². The second-order valence-electron chi connectivity index (χ2n) is 3.19. The van der Waals surface area contributed by atoms with Gasteiger partial charge in [-0.05, 0) is 34.7 Å². The summed E-state index contributed by atoms with van der Waals surface area (Å²) < 4.78 is 1.07. The molecule has 0 fully saturated rings. The fourth-order valence-corrected chi connectivity index (χ4v) is 1.71. The van der Waals surface area contributed by atoms with Gasteiger partial charge in [-0.15, -0.1) is 0 Å². The van der Waals surface area contributed by atoms with Gasteiger partial charge in [0.1, 0.15) is 5.69 Å². The van der Waals surface area contributed by atoms with E-state index < -0.39 is 0 Å². The number of benzene rings is 1. The van der Waals surface area contributed by atoms with Gasteiger partial charge >= 0.3 is 0 Å². The topological polar surface area (TPSA) is 70.1 Å². The smallest absolute Gasteiger partial charge is 0.273 e. The molecule has 2 aromatic rings. The van der Waals surface area contributed by atoms with E-state index >= 15 is 0 Å². The number of halogens is 1. The van der Waals surface area contributed by atoms with Crippen LogP contribution in [0.4, 0.5) is 0 Å². The number of H-pyrrole nitrogens is 1. The number of carbonyl (C=O) groups excluding carboxylic acids is 1. The van der Waals surface area contributed by atoms with E-state index in [-0.39, 0.29) is 5.91 Å². The summed E-state index contributed by atoms with van der Waals surface area (Å²) in [5.41, 5.74) is 3.75. The van der Waals surface area contributed by atoms with Crippen molar-refractivity contribution in [2.75, 3.05) is 0 Å². The van der Waals surface area contributed by atoms with Gasteiger partial charge in [0.15, 0.2) is 0 Å². The van der Waals surface area contributed by atoms with Crippen LogP contribution >= 0.6 is 22.6 Å². The number of aromatic nitrogens is 2. The molecule has 2 rings (SSSR count). The number of nitrogens with zero attached hydrogens (tertiary/aromatic N) is 2. The molecule has 0 spiro atoms. The number of rotatable bonds is 3. The summed E-state index contributed by atoms with van der Waals surface area (Å²) in [6, 6.07) is 9.34. The Kier molecular flexibility index (Phi) is 3.86. The van der Waals surface area contributed by atoms with Crippen molar-refractivity contribution in [2.24, 2.45) is 5.10 Å². The zero-order valence-electron chi connectivity index (χ0n) is 8.72. The van der Waals surface area contributed by atoms with E-state index in [1.54, 1.807) is 12.3 Å². The van der Waals surface area contributed by atoms with Crippen molar-refractivity contribution in [3.05, 3.63) is 51.4 Å². The Morgan fingerprint density at radius 2 is 2.24 bits per heavy atom. The van der Waals surface area contributed by atoms with Crippen molar-refractivity contribution in [3.8, 4) is 0 Å². The van der Waals surface area contributed by atoms with Crippen LogP contribution in [-0.2, 0) is 0 Å². The van der Waals surface area contributed by atoms with Gasteiger partial charge in [-0.2, -0.15) is 10.2 Å². The summed E-state index contributed by atoms with van der Waals surface area (Å²) in [5.74, 6) is -0.315. The van der Waals surface area contributed by atoms with E-state index in [2.05, 4.69) is 43.3 Å². The van der Waals surface area contributed by atoms with Crippen molar-refractivity contribution >= 4 is 34.7 Å². The Labute approximate surface area is 111 Å². The third-order valence-electron chi connectivity index (χ3n) is 2.02. The minimum Gasteiger partial charge on any atom is -0.273 e. The lowest BCUT2D eigenvalue weighted by Gasteiger charge is -1.97. The van der Waals surface area contributed by atoms with Crippen LogP contribution in [0.25, 0.3) is 0 Å². The van der Waals surface area contributed by atoms with Crippen LogP contribution in [0.5, 0.6) is 0 Å². The predicted molar refractivity (Wildman–Crippen MR) is 72.8 cm³/mol. The standard InChI is InChI=1S/C11H9IN4O/c12-9-4-2-1-3-8(9)7-14-16-11(17)10-5-6-13-15-10/h1-7H,(H,13,15)(H,16,17)/b14-7+.